The molecule has 0 fully saturated rings. The van der Waals surface area contributed by atoms with Crippen LogP contribution in [0.15, 0.2) is 41.1 Å². The monoisotopic (exact) mass is 275 g/mol. The highest BCUT2D eigenvalue weighted by Gasteiger charge is 2.19. The van der Waals surface area contributed by atoms with E-state index in [1.165, 1.54) is 12.3 Å². The number of nitrogens with zero attached hydrogens (tertiary/aromatic N) is 2. The molecule has 0 aliphatic carbocycles. The van der Waals surface area contributed by atoms with E-state index in [1.807, 2.05) is 25.1 Å². The van der Waals surface area contributed by atoms with Crippen molar-refractivity contribution in [3.05, 3.63) is 48.2 Å². The molecule has 1 unspecified atom stereocenters. The Kier molecular flexibility index (Phi) is 4.37. The molecular formula is C14H17N3O3. The first kappa shape index (κ1) is 14.1. The predicted molar refractivity (Wildman–Crippen MR) is 73.4 cm³/mol. The number of aromatic hydroxyl groups is 1. The fourth-order valence-electron chi connectivity index (χ4n) is 1.86. The van der Waals surface area contributed by atoms with Crippen LogP contribution in [-0.2, 0) is 0 Å². The van der Waals surface area contributed by atoms with Crippen molar-refractivity contribution < 1.29 is 14.3 Å². The maximum Gasteiger partial charge on any atom is 0.273 e. The van der Waals surface area contributed by atoms with Gasteiger partial charge in [0.2, 0.25) is 0 Å². The van der Waals surface area contributed by atoms with Crippen molar-refractivity contribution in [1.29, 1.82) is 0 Å². The molecule has 1 atom stereocenters. The number of nitrogens with one attached hydrogen (secondary N) is 1. The lowest BCUT2D eigenvalue weighted by atomic mass is 10.2. The molecule has 2 aromatic rings. The second-order valence-electron chi connectivity index (χ2n) is 4.58. The molecule has 106 valence electrons. The van der Waals surface area contributed by atoms with E-state index in [2.05, 4.69) is 10.3 Å². The molecule has 0 spiro atoms. The number of carbonyl (C=O) groups excluding carboxylic acids is 1. The lowest BCUT2D eigenvalue weighted by Crippen LogP contribution is -2.34. The molecule has 6 nitrogen and oxygen atoms in total. The summed E-state index contributed by atoms with van der Waals surface area (Å²) in [6.45, 7) is 0.357. The smallest absolute Gasteiger partial charge is 0.273 e. The fraction of sp³-hybridized carbons (Fsp3) is 0.286. The third-order valence-corrected chi connectivity index (χ3v) is 2.95. The number of furan rings is 1. The number of pyridine rings is 1. The number of aromatic nitrogens is 1. The highest BCUT2D eigenvalue weighted by Crippen LogP contribution is 2.18. The Labute approximate surface area is 117 Å². The molecule has 0 saturated carbocycles. The molecule has 2 N–H and O–H groups in total. The van der Waals surface area contributed by atoms with E-state index in [1.54, 1.807) is 18.4 Å². The second-order valence-corrected chi connectivity index (χ2v) is 4.58. The summed E-state index contributed by atoms with van der Waals surface area (Å²) < 4.78 is 5.36. The molecule has 2 heterocycles. The maximum absolute atomic E-state index is 12.0. The molecule has 1 amide bonds. The lowest BCUT2D eigenvalue weighted by Gasteiger charge is -2.22. The SMILES string of the molecule is CN(C)C(CNC(=O)c1ncccc1O)c1ccco1. The number of hydrogen-bond acceptors (Lipinski definition) is 5. The van der Waals surface area contributed by atoms with Crippen molar-refractivity contribution in [1.82, 2.24) is 15.2 Å². The topological polar surface area (TPSA) is 78.6 Å². The van der Waals surface area contributed by atoms with Crippen LogP contribution in [0, 0.1) is 0 Å². The summed E-state index contributed by atoms with van der Waals surface area (Å²) in [5.41, 5.74) is 0.0180. The Morgan fingerprint density at radius 3 is 2.85 bits per heavy atom. The minimum absolute atomic E-state index is 0.0180. The van der Waals surface area contributed by atoms with E-state index < -0.39 is 5.91 Å². The average Bonchev–Trinajstić information content (AvgIpc) is 2.92. The fourth-order valence-corrected chi connectivity index (χ4v) is 1.86. The quantitative estimate of drug-likeness (QED) is 0.862. The summed E-state index contributed by atoms with van der Waals surface area (Å²) in [6, 6.07) is 6.57. The van der Waals surface area contributed by atoms with Crippen molar-refractivity contribution in [2.45, 2.75) is 6.04 Å². The van der Waals surface area contributed by atoms with Gasteiger partial charge in [-0.25, -0.2) is 4.98 Å². The molecular weight excluding hydrogens is 258 g/mol. The molecule has 0 aliphatic heterocycles. The van der Waals surface area contributed by atoms with Crippen LogP contribution in [0.4, 0.5) is 0 Å². The standard InChI is InChI=1S/C14H17N3O3/c1-17(2)10(12-6-4-8-20-12)9-16-14(19)13-11(18)5-3-7-15-13/h3-8,10,18H,9H2,1-2H3,(H,16,19). The summed E-state index contributed by atoms with van der Waals surface area (Å²) in [6.07, 6.45) is 3.06. The van der Waals surface area contributed by atoms with Crippen LogP contribution >= 0.6 is 0 Å². The Bertz CT molecular complexity index is 567. The Hall–Kier alpha value is -2.34. The summed E-state index contributed by atoms with van der Waals surface area (Å²) >= 11 is 0. The van der Waals surface area contributed by atoms with Crippen molar-refractivity contribution >= 4 is 5.91 Å². The molecule has 0 bridgehead atoms. The van der Waals surface area contributed by atoms with Gasteiger partial charge in [0.15, 0.2) is 5.69 Å². The maximum atomic E-state index is 12.0. The largest absolute Gasteiger partial charge is 0.505 e. The van der Waals surface area contributed by atoms with Gasteiger partial charge < -0.3 is 14.8 Å². The van der Waals surface area contributed by atoms with E-state index in [-0.39, 0.29) is 17.5 Å². The van der Waals surface area contributed by atoms with E-state index >= 15 is 0 Å². The van der Waals surface area contributed by atoms with Gasteiger partial charge in [-0.1, -0.05) is 0 Å². The normalized spacial score (nSPS) is 12.3. The first-order chi connectivity index (χ1) is 9.59. The zero-order chi connectivity index (χ0) is 14.5. The van der Waals surface area contributed by atoms with Crippen LogP contribution in [0.5, 0.6) is 5.75 Å². The van der Waals surface area contributed by atoms with Crippen molar-refractivity contribution in [2.75, 3.05) is 20.6 Å². The van der Waals surface area contributed by atoms with Crippen LogP contribution < -0.4 is 5.32 Å². The highest BCUT2D eigenvalue weighted by molar-refractivity contribution is 5.94. The van der Waals surface area contributed by atoms with Gasteiger partial charge in [-0.3, -0.25) is 9.69 Å². The Morgan fingerprint density at radius 1 is 1.45 bits per heavy atom. The van der Waals surface area contributed by atoms with Crippen LogP contribution in [0.3, 0.4) is 0 Å². The van der Waals surface area contributed by atoms with Crippen molar-refractivity contribution in [3.8, 4) is 5.75 Å². The third-order valence-electron chi connectivity index (χ3n) is 2.95. The molecule has 2 rings (SSSR count). The summed E-state index contributed by atoms with van der Waals surface area (Å²) in [4.78, 5) is 17.8. The Balaban J connectivity index is 2.03. The van der Waals surface area contributed by atoms with Crippen LogP contribution in [0.2, 0.25) is 0 Å². The minimum atomic E-state index is -0.415. The first-order valence-corrected chi connectivity index (χ1v) is 6.21. The highest BCUT2D eigenvalue weighted by atomic mass is 16.3. The number of rotatable bonds is 5. The average molecular weight is 275 g/mol. The Morgan fingerprint density at radius 2 is 2.25 bits per heavy atom. The molecule has 0 aliphatic rings. The molecule has 0 radical (unpaired) electrons. The number of hydrogen-bond donors (Lipinski definition) is 2. The number of likely N-dealkylation sites (N-methyl/N-ethyl adjacent to an activating group) is 1. The molecule has 0 saturated heterocycles. The zero-order valence-electron chi connectivity index (χ0n) is 11.4. The van der Waals surface area contributed by atoms with Gasteiger partial charge in [-0.2, -0.15) is 0 Å². The summed E-state index contributed by atoms with van der Waals surface area (Å²) in [7, 11) is 3.80. The molecule has 6 heteroatoms. The summed E-state index contributed by atoms with van der Waals surface area (Å²) in [5.74, 6) is 0.214. The molecule has 2 aromatic heterocycles. The van der Waals surface area contributed by atoms with Crippen LogP contribution in [0.25, 0.3) is 0 Å². The lowest BCUT2D eigenvalue weighted by molar-refractivity contribution is 0.0931. The van der Waals surface area contributed by atoms with Crippen molar-refractivity contribution in [2.24, 2.45) is 0 Å². The van der Waals surface area contributed by atoms with Gasteiger partial charge in [-0.15, -0.1) is 0 Å². The number of carbonyl (C=O) groups is 1. The predicted octanol–water partition coefficient (Wildman–Crippen LogP) is 1.41. The van der Waals surface area contributed by atoms with E-state index in [0.29, 0.717) is 6.54 Å². The van der Waals surface area contributed by atoms with E-state index in [4.69, 9.17) is 4.42 Å². The molecule has 20 heavy (non-hydrogen) atoms. The van der Waals surface area contributed by atoms with E-state index in [0.717, 1.165) is 5.76 Å². The van der Waals surface area contributed by atoms with Gasteiger partial charge in [0.05, 0.1) is 12.3 Å². The zero-order valence-corrected chi connectivity index (χ0v) is 11.4. The summed E-state index contributed by atoms with van der Waals surface area (Å²) in [5, 5.41) is 12.3. The third kappa shape index (κ3) is 3.16. The van der Waals surface area contributed by atoms with Gasteiger partial charge >= 0.3 is 0 Å². The van der Waals surface area contributed by atoms with E-state index in [9.17, 15) is 9.90 Å². The minimum Gasteiger partial charge on any atom is -0.505 e. The number of amides is 1. The van der Waals surface area contributed by atoms with Gasteiger partial charge in [0, 0.05) is 12.7 Å². The van der Waals surface area contributed by atoms with Gasteiger partial charge in [-0.05, 0) is 38.4 Å². The first-order valence-electron chi connectivity index (χ1n) is 6.21. The molecule has 0 aromatic carbocycles. The van der Waals surface area contributed by atoms with Crippen LogP contribution in [0.1, 0.15) is 22.3 Å². The van der Waals surface area contributed by atoms with Crippen LogP contribution in [-0.4, -0.2) is 41.5 Å². The van der Waals surface area contributed by atoms with Crippen molar-refractivity contribution in [3.63, 3.8) is 0 Å². The second kappa shape index (κ2) is 6.21. The van der Waals surface area contributed by atoms with Gasteiger partial charge in [0.1, 0.15) is 11.5 Å². The van der Waals surface area contributed by atoms with Gasteiger partial charge in [0.25, 0.3) is 5.91 Å².